The van der Waals surface area contributed by atoms with E-state index < -0.39 is 0 Å². The molecule has 1 aromatic carbocycles. The number of carbonyl (C=O) groups excluding carboxylic acids is 1. The maximum atomic E-state index is 12.9. The molecule has 1 aliphatic heterocycles. The highest BCUT2D eigenvalue weighted by atomic mass is 16.1. The van der Waals surface area contributed by atoms with Crippen molar-refractivity contribution in [3.8, 4) is 11.4 Å². The van der Waals surface area contributed by atoms with Gasteiger partial charge in [-0.15, -0.1) is 0 Å². The van der Waals surface area contributed by atoms with E-state index in [1.807, 2.05) is 25.1 Å². The Morgan fingerprint density at radius 2 is 2.06 bits per heavy atom. The number of amides is 1. The average Bonchev–Trinajstić information content (AvgIpc) is 3.46. The van der Waals surface area contributed by atoms with Crippen molar-refractivity contribution in [1.82, 2.24) is 25.3 Å². The summed E-state index contributed by atoms with van der Waals surface area (Å²) in [6, 6.07) is 10.2. The van der Waals surface area contributed by atoms with Gasteiger partial charge >= 0.3 is 0 Å². The molecule has 5 rings (SSSR count). The maximum absolute atomic E-state index is 12.9. The van der Waals surface area contributed by atoms with Crippen LogP contribution in [0.15, 0.2) is 36.5 Å². The molecule has 31 heavy (non-hydrogen) atoms. The highest BCUT2D eigenvalue weighted by Crippen LogP contribution is 2.33. The molecule has 1 unspecified atom stereocenters. The summed E-state index contributed by atoms with van der Waals surface area (Å²) in [4.78, 5) is 32.5. The summed E-state index contributed by atoms with van der Waals surface area (Å²) in [5, 5.41) is 3.05. The molecule has 0 spiro atoms. The monoisotopic (exact) mass is 416 g/mol. The van der Waals surface area contributed by atoms with E-state index in [9.17, 15) is 4.79 Å². The molecule has 1 aliphatic carbocycles. The molecule has 1 amide bonds. The number of fused-ring (bicyclic) bond motifs is 1. The van der Waals surface area contributed by atoms with Crippen LogP contribution in [-0.2, 0) is 24.2 Å². The van der Waals surface area contributed by atoms with Crippen LogP contribution in [-0.4, -0.2) is 38.9 Å². The number of nitrogens with one attached hydrogen (secondary N) is 2. The van der Waals surface area contributed by atoms with Gasteiger partial charge in [0.25, 0.3) is 0 Å². The minimum Gasteiger partial charge on any atom is -0.355 e. The van der Waals surface area contributed by atoms with Gasteiger partial charge in [0.1, 0.15) is 11.6 Å². The van der Waals surface area contributed by atoms with Crippen LogP contribution in [0, 0.1) is 12.8 Å². The highest BCUT2D eigenvalue weighted by Gasteiger charge is 2.30. The van der Waals surface area contributed by atoms with E-state index in [4.69, 9.17) is 9.97 Å². The molecule has 1 fully saturated rings. The highest BCUT2D eigenvalue weighted by molar-refractivity contribution is 5.79. The van der Waals surface area contributed by atoms with Gasteiger partial charge in [-0.05, 0) is 39.0 Å². The minimum atomic E-state index is -0.0444. The molecule has 7 nitrogen and oxygen atoms in total. The molecule has 3 heterocycles. The van der Waals surface area contributed by atoms with Crippen LogP contribution >= 0.6 is 0 Å². The molecule has 2 aromatic heterocycles. The van der Waals surface area contributed by atoms with Crippen LogP contribution in [0.4, 0.5) is 5.82 Å². The molecule has 3 aromatic rings. The van der Waals surface area contributed by atoms with Crippen molar-refractivity contribution in [2.45, 2.75) is 45.6 Å². The fraction of sp³-hybridized carbons (Fsp3) is 0.417. The number of rotatable bonds is 5. The Kier molecular flexibility index (Phi) is 5.40. The molecule has 2 aliphatic rings. The van der Waals surface area contributed by atoms with Crippen molar-refractivity contribution in [2.24, 2.45) is 5.92 Å². The number of anilines is 1. The van der Waals surface area contributed by atoms with Crippen molar-refractivity contribution < 1.29 is 4.79 Å². The third-order valence-electron chi connectivity index (χ3n) is 6.22. The van der Waals surface area contributed by atoms with Crippen LogP contribution in [0.5, 0.6) is 0 Å². The number of aromatic amines is 1. The second-order valence-corrected chi connectivity index (χ2v) is 8.53. The number of benzene rings is 1. The first-order chi connectivity index (χ1) is 15.2. The number of hydrogen-bond donors (Lipinski definition) is 2. The zero-order chi connectivity index (χ0) is 21.2. The third-order valence-corrected chi connectivity index (χ3v) is 6.22. The van der Waals surface area contributed by atoms with Gasteiger partial charge in [-0.25, -0.2) is 15.0 Å². The lowest BCUT2D eigenvalue weighted by Gasteiger charge is -2.34. The van der Waals surface area contributed by atoms with E-state index in [-0.39, 0.29) is 11.8 Å². The first-order valence-electron chi connectivity index (χ1n) is 11.2. The largest absolute Gasteiger partial charge is 0.355 e. The first kappa shape index (κ1) is 19.7. The number of imidazole rings is 1. The summed E-state index contributed by atoms with van der Waals surface area (Å²) in [5.74, 6) is 2.65. The van der Waals surface area contributed by atoms with E-state index in [0.29, 0.717) is 13.1 Å². The SMILES string of the molecule is Cc1cnc(CNC(=O)C2CCCN(c3nc(-c4ccccc4)nc4c3CCC4)C2)[nH]1. The van der Waals surface area contributed by atoms with Crippen LogP contribution in [0.2, 0.25) is 0 Å². The number of H-pyrrole nitrogens is 1. The fourth-order valence-electron chi connectivity index (χ4n) is 4.65. The van der Waals surface area contributed by atoms with E-state index in [1.54, 1.807) is 6.20 Å². The smallest absolute Gasteiger partial charge is 0.225 e. The van der Waals surface area contributed by atoms with E-state index in [1.165, 1.54) is 11.3 Å². The fourth-order valence-corrected chi connectivity index (χ4v) is 4.65. The van der Waals surface area contributed by atoms with Crippen LogP contribution in [0.3, 0.4) is 0 Å². The Bertz CT molecular complexity index is 1080. The summed E-state index contributed by atoms with van der Waals surface area (Å²) in [6.07, 6.45) is 6.81. The van der Waals surface area contributed by atoms with Gasteiger partial charge in [0, 0.05) is 41.8 Å². The normalized spacial score (nSPS) is 18.1. The Balaban J connectivity index is 1.35. The lowest BCUT2D eigenvalue weighted by molar-refractivity contribution is -0.125. The minimum absolute atomic E-state index is 0.0444. The van der Waals surface area contributed by atoms with Gasteiger partial charge in [-0.1, -0.05) is 30.3 Å². The molecule has 0 bridgehead atoms. The third kappa shape index (κ3) is 4.17. The molecule has 0 radical (unpaired) electrons. The quantitative estimate of drug-likeness (QED) is 0.667. The summed E-state index contributed by atoms with van der Waals surface area (Å²) in [5.41, 5.74) is 4.48. The number of piperidine rings is 1. The number of aromatic nitrogens is 4. The maximum Gasteiger partial charge on any atom is 0.225 e. The summed E-state index contributed by atoms with van der Waals surface area (Å²) in [6.45, 7) is 4.02. The zero-order valence-electron chi connectivity index (χ0n) is 17.9. The van der Waals surface area contributed by atoms with Crippen LogP contribution in [0.1, 0.15) is 42.0 Å². The van der Waals surface area contributed by atoms with Crippen LogP contribution in [0.25, 0.3) is 11.4 Å². The standard InChI is InChI=1S/C24H28N6O/c1-16-13-25-21(27-16)14-26-24(31)18-9-6-12-30(15-18)23-19-10-5-11-20(19)28-22(29-23)17-7-3-2-4-8-17/h2-4,7-8,13,18H,5-6,9-12,14-15H2,1H3,(H,25,27)(H,26,31). The summed E-state index contributed by atoms with van der Waals surface area (Å²) < 4.78 is 0. The number of nitrogens with zero attached hydrogens (tertiary/aromatic N) is 4. The molecule has 1 saturated heterocycles. The predicted molar refractivity (Wildman–Crippen MR) is 120 cm³/mol. The van der Waals surface area contributed by atoms with E-state index in [2.05, 4.69) is 32.3 Å². The lowest BCUT2D eigenvalue weighted by atomic mass is 9.96. The zero-order valence-corrected chi connectivity index (χ0v) is 17.9. The van der Waals surface area contributed by atoms with Gasteiger partial charge < -0.3 is 15.2 Å². The van der Waals surface area contributed by atoms with Crippen molar-refractivity contribution in [3.05, 3.63) is 59.3 Å². The molecule has 0 saturated carbocycles. The number of carbonyl (C=O) groups is 1. The van der Waals surface area contributed by atoms with E-state index in [0.717, 1.165) is 67.4 Å². The summed E-state index contributed by atoms with van der Waals surface area (Å²) in [7, 11) is 0. The van der Waals surface area contributed by atoms with Crippen molar-refractivity contribution >= 4 is 11.7 Å². The van der Waals surface area contributed by atoms with Gasteiger partial charge in [0.05, 0.1) is 12.5 Å². The number of aryl methyl sites for hydroxylation is 2. The van der Waals surface area contributed by atoms with Gasteiger partial charge in [-0.3, -0.25) is 4.79 Å². The molecule has 2 N–H and O–H groups in total. The van der Waals surface area contributed by atoms with Crippen molar-refractivity contribution in [1.29, 1.82) is 0 Å². The molecule has 1 atom stereocenters. The Morgan fingerprint density at radius 1 is 1.19 bits per heavy atom. The second-order valence-electron chi connectivity index (χ2n) is 8.53. The Hall–Kier alpha value is -3.22. The lowest BCUT2D eigenvalue weighted by Crippen LogP contribution is -2.43. The molecule has 160 valence electrons. The summed E-state index contributed by atoms with van der Waals surface area (Å²) >= 11 is 0. The average molecular weight is 417 g/mol. The number of hydrogen-bond acceptors (Lipinski definition) is 5. The first-order valence-corrected chi connectivity index (χ1v) is 11.2. The van der Waals surface area contributed by atoms with Crippen LogP contribution < -0.4 is 10.2 Å². The molecular formula is C24H28N6O. The Labute approximate surface area is 182 Å². The molecule has 7 heteroatoms. The second kappa shape index (κ2) is 8.49. The predicted octanol–water partition coefficient (Wildman–Crippen LogP) is 3.20. The van der Waals surface area contributed by atoms with Gasteiger partial charge in [0.2, 0.25) is 5.91 Å². The molecular weight excluding hydrogens is 388 g/mol. The van der Waals surface area contributed by atoms with Crippen molar-refractivity contribution in [2.75, 3.05) is 18.0 Å². The van der Waals surface area contributed by atoms with E-state index >= 15 is 0 Å². The topological polar surface area (TPSA) is 86.8 Å². The Morgan fingerprint density at radius 3 is 2.87 bits per heavy atom. The van der Waals surface area contributed by atoms with Gasteiger partial charge in [-0.2, -0.15) is 0 Å². The van der Waals surface area contributed by atoms with Gasteiger partial charge in [0.15, 0.2) is 5.82 Å². The van der Waals surface area contributed by atoms with Crippen molar-refractivity contribution in [3.63, 3.8) is 0 Å².